The summed E-state index contributed by atoms with van der Waals surface area (Å²) in [4.78, 5) is 5.07. The van der Waals surface area contributed by atoms with Crippen molar-refractivity contribution < 1.29 is 13.2 Å². The molecule has 1 heterocycles. The summed E-state index contributed by atoms with van der Waals surface area (Å²) in [6.07, 6.45) is -4.48. The van der Waals surface area contributed by atoms with Crippen molar-refractivity contribution in [3.8, 4) is 0 Å². The van der Waals surface area contributed by atoms with Crippen molar-refractivity contribution in [3.63, 3.8) is 0 Å². The van der Waals surface area contributed by atoms with Crippen LogP contribution < -0.4 is 4.90 Å². The Labute approximate surface area is 94.0 Å². The van der Waals surface area contributed by atoms with Gasteiger partial charge in [0.2, 0.25) is 11.0 Å². The molecule has 0 saturated heterocycles. The standard InChI is InChI=1S/C7H9ClF3N3S/c1-2-14(4-3-8)6-12-5(13-15-6)7(9,10)11/h2-4H2,1H3. The first-order valence-electron chi connectivity index (χ1n) is 4.20. The van der Waals surface area contributed by atoms with Gasteiger partial charge in [0.15, 0.2) is 0 Å². The molecule has 0 aliphatic heterocycles. The molecule has 0 amide bonds. The predicted octanol–water partition coefficient (Wildman–Crippen LogP) is 2.62. The van der Waals surface area contributed by atoms with Gasteiger partial charge in [-0.2, -0.15) is 22.5 Å². The van der Waals surface area contributed by atoms with E-state index in [1.165, 1.54) is 0 Å². The second-order valence-corrected chi connectivity index (χ2v) is 3.78. The Morgan fingerprint density at radius 2 is 2.13 bits per heavy atom. The molecule has 1 aromatic heterocycles. The number of anilines is 1. The summed E-state index contributed by atoms with van der Waals surface area (Å²) in [6, 6.07) is 0. The highest BCUT2D eigenvalue weighted by Gasteiger charge is 2.36. The zero-order chi connectivity index (χ0) is 11.5. The fourth-order valence-corrected chi connectivity index (χ4v) is 1.93. The normalized spacial score (nSPS) is 11.8. The topological polar surface area (TPSA) is 29.0 Å². The molecule has 15 heavy (non-hydrogen) atoms. The fraction of sp³-hybridized carbons (Fsp3) is 0.714. The molecular formula is C7H9ClF3N3S. The first-order chi connectivity index (χ1) is 6.99. The van der Waals surface area contributed by atoms with E-state index in [0.717, 1.165) is 11.5 Å². The summed E-state index contributed by atoms with van der Waals surface area (Å²) in [5, 5.41) is 0.255. The van der Waals surface area contributed by atoms with Crippen molar-refractivity contribution in [1.82, 2.24) is 9.36 Å². The first kappa shape index (κ1) is 12.5. The van der Waals surface area contributed by atoms with Crippen LogP contribution in [0, 0.1) is 0 Å². The van der Waals surface area contributed by atoms with Crippen LogP contribution in [0.2, 0.25) is 0 Å². The lowest BCUT2D eigenvalue weighted by molar-refractivity contribution is -0.144. The Morgan fingerprint density at radius 1 is 1.47 bits per heavy atom. The van der Waals surface area contributed by atoms with Crippen molar-refractivity contribution in [1.29, 1.82) is 0 Å². The molecule has 1 aromatic rings. The second-order valence-electron chi connectivity index (χ2n) is 2.67. The fourth-order valence-electron chi connectivity index (χ4n) is 0.950. The minimum Gasteiger partial charge on any atom is -0.346 e. The van der Waals surface area contributed by atoms with E-state index in [4.69, 9.17) is 11.6 Å². The molecule has 0 atom stereocenters. The van der Waals surface area contributed by atoms with Crippen molar-refractivity contribution in [2.45, 2.75) is 13.1 Å². The Morgan fingerprint density at radius 3 is 2.53 bits per heavy atom. The van der Waals surface area contributed by atoms with E-state index >= 15 is 0 Å². The molecule has 3 nitrogen and oxygen atoms in total. The van der Waals surface area contributed by atoms with E-state index in [-0.39, 0.29) is 5.13 Å². The van der Waals surface area contributed by atoms with Crippen LogP contribution in [-0.2, 0) is 6.18 Å². The van der Waals surface area contributed by atoms with Crippen molar-refractivity contribution >= 4 is 28.3 Å². The summed E-state index contributed by atoms with van der Waals surface area (Å²) < 4.78 is 39.8. The molecule has 8 heteroatoms. The highest BCUT2D eigenvalue weighted by molar-refractivity contribution is 7.09. The largest absolute Gasteiger partial charge is 0.452 e. The maximum atomic E-state index is 12.2. The molecule has 0 aliphatic rings. The molecule has 0 N–H and O–H groups in total. The first-order valence-corrected chi connectivity index (χ1v) is 5.51. The molecule has 86 valence electrons. The molecule has 0 aliphatic carbocycles. The Balaban J connectivity index is 2.82. The van der Waals surface area contributed by atoms with Gasteiger partial charge in [-0.25, -0.2) is 0 Å². The van der Waals surface area contributed by atoms with Gasteiger partial charge in [0.1, 0.15) is 0 Å². The Bertz CT molecular complexity index is 315. The van der Waals surface area contributed by atoms with E-state index < -0.39 is 12.0 Å². The van der Waals surface area contributed by atoms with Gasteiger partial charge in [0.25, 0.3) is 0 Å². The van der Waals surface area contributed by atoms with Crippen LogP contribution >= 0.6 is 23.1 Å². The number of hydrogen-bond acceptors (Lipinski definition) is 4. The third-order valence-corrected chi connectivity index (χ3v) is 2.62. The minimum absolute atomic E-state index is 0.255. The molecular weight excluding hydrogens is 251 g/mol. The number of halogens is 4. The van der Waals surface area contributed by atoms with E-state index in [9.17, 15) is 13.2 Å². The highest BCUT2D eigenvalue weighted by Crippen LogP contribution is 2.30. The zero-order valence-electron chi connectivity index (χ0n) is 7.88. The second kappa shape index (κ2) is 4.98. The van der Waals surface area contributed by atoms with Crippen molar-refractivity contribution in [2.24, 2.45) is 0 Å². The molecule has 0 fully saturated rings. The number of aromatic nitrogens is 2. The van der Waals surface area contributed by atoms with Crippen LogP contribution in [0.4, 0.5) is 18.3 Å². The van der Waals surface area contributed by atoms with Crippen LogP contribution in [0.5, 0.6) is 0 Å². The zero-order valence-corrected chi connectivity index (χ0v) is 9.46. The molecule has 0 aromatic carbocycles. The lowest BCUT2D eigenvalue weighted by Crippen LogP contribution is -2.24. The van der Waals surface area contributed by atoms with Crippen molar-refractivity contribution in [2.75, 3.05) is 23.9 Å². The van der Waals surface area contributed by atoms with Crippen LogP contribution in [0.3, 0.4) is 0 Å². The van der Waals surface area contributed by atoms with Gasteiger partial charge in [-0.3, -0.25) is 0 Å². The Kier molecular flexibility index (Phi) is 4.15. The van der Waals surface area contributed by atoms with Crippen molar-refractivity contribution in [3.05, 3.63) is 5.82 Å². The van der Waals surface area contributed by atoms with Gasteiger partial charge in [-0.05, 0) is 6.92 Å². The average Bonchev–Trinajstić information content (AvgIpc) is 2.62. The summed E-state index contributed by atoms with van der Waals surface area (Å²) in [5.74, 6) is -0.745. The molecule has 0 unspecified atom stereocenters. The smallest absolute Gasteiger partial charge is 0.346 e. The maximum absolute atomic E-state index is 12.2. The van der Waals surface area contributed by atoms with Crippen LogP contribution in [0.15, 0.2) is 0 Å². The van der Waals surface area contributed by atoms with Crippen LogP contribution in [0.1, 0.15) is 12.7 Å². The summed E-state index contributed by atoms with van der Waals surface area (Å²) in [6.45, 7) is 2.84. The number of nitrogens with zero attached hydrogens (tertiary/aromatic N) is 3. The summed E-state index contributed by atoms with van der Waals surface area (Å²) >= 11 is 6.25. The average molecular weight is 260 g/mol. The van der Waals surface area contributed by atoms with E-state index in [1.807, 2.05) is 6.92 Å². The number of hydrogen-bond donors (Lipinski definition) is 0. The van der Waals surface area contributed by atoms with E-state index in [1.54, 1.807) is 4.90 Å². The highest BCUT2D eigenvalue weighted by atomic mass is 35.5. The number of alkyl halides is 4. The molecule has 1 rings (SSSR count). The van der Waals surface area contributed by atoms with Gasteiger partial charge in [-0.15, -0.1) is 11.6 Å². The number of rotatable bonds is 4. The third-order valence-electron chi connectivity index (χ3n) is 1.68. The van der Waals surface area contributed by atoms with Gasteiger partial charge in [0.05, 0.1) is 0 Å². The minimum atomic E-state index is -4.48. The van der Waals surface area contributed by atoms with E-state index in [2.05, 4.69) is 9.36 Å². The quantitative estimate of drug-likeness (QED) is 0.779. The van der Waals surface area contributed by atoms with Gasteiger partial charge < -0.3 is 4.90 Å². The summed E-state index contributed by atoms with van der Waals surface area (Å²) in [5.41, 5.74) is 0. The lowest BCUT2D eigenvalue weighted by Gasteiger charge is -2.16. The lowest BCUT2D eigenvalue weighted by atomic mass is 10.5. The van der Waals surface area contributed by atoms with Crippen LogP contribution in [-0.4, -0.2) is 28.3 Å². The van der Waals surface area contributed by atoms with Gasteiger partial charge in [-0.1, -0.05) is 0 Å². The molecule has 0 radical (unpaired) electrons. The maximum Gasteiger partial charge on any atom is 0.452 e. The third kappa shape index (κ3) is 3.20. The van der Waals surface area contributed by atoms with E-state index in [0.29, 0.717) is 19.0 Å². The van der Waals surface area contributed by atoms with Gasteiger partial charge in [0, 0.05) is 30.5 Å². The predicted molar refractivity (Wildman–Crippen MR) is 53.5 cm³/mol. The van der Waals surface area contributed by atoms with Gasteiger partial charge >= 0.3 is 6.18 Å². The Hall–Kier alpha value is -0.560. The monoisotopic (exact) mass is 259 g/mol. The summed E-state index contributed by atoms with van der Waals surface area (Å²) in [7, 11) is 0. The van der Waals surface area contributed by atoms with Crippen LogP contribution in [0.25, 0.3) is 0 Å². The molecule has 0 spiro atoms. The SMILES string of the molecule is CCN(CCCl)c1nc(C(F)(F)F)ns1. The molecule has 0 bridgehead atoms. The molecule has 0 saturated carbocycles.